The van der Waals surface area contributed by atoms with Crippen LogP contribution in [0.2, 0.25) is 0 Å². The van der Waals surface area contributed by atoms with E-state index in [0.29, 0.717) is 22.1 Å². The van der Waals surface area contributed by atoms with Crippen LogP contribution in [0.15, 0.2) is 35.7 Å². The summed E-state index contributed by atoms with van der Waals surface area (Å²) < 4.78 is 15.6. The smallest absolute Gasteiger partial charge is 0.311 e. The highest BCUT2D eigenvalue weighted by atomic mass is 32.1. The van der Waals surface area contributed by atoms with Gasteiger partial charge in [-0.2, -0.15) is 0 Å². The molecule has 1 aromatic carbocycles. The summed E-state index contributed by atoms with van der Waals surface area (Å²) in [6.07, 6.45) is 0.0202. The van der Waals surface area contributed by atoms with Crippen molar-refractivity contribution in [2.24, 2.45) is 5.92 Å². The summed E-state index contributed by atoms with van der Waals surface area (Å²) >= 11 is 1.29. The zero-order chi connectivity index (χ0) is 19.4. The van der Waals surface area contributed by atoms with Gasteiger partial charge in [0.25, 0.3) is 0 Å². The van der Waals surface area contributed by atoms with Gasteiger partial charge >= 0.3 is 5.97 Å². The van der Waals surface area contributed by atoms with E-state index in [1.165, 1.54) is 30.5 Å². The standard InChI is InChI=1S/C19H19NO6S/c1-24-13-5-6-16(25-2)14(9-13)20-10-12(8-18(20)22)19(23)26-11-15(21)17-4-3-7-27-17/h3-7,9,12H,8,10-11H2,1-2H3/t12-/m0/s1. The van der Waals surface area contributed by atoms with Gasteiger partial charge in [0.1, 0.15) is 11.5 Å². The Morgan fingerprint density at radius 1 is 1.22 bits per heavy atom. The van der Waals surface area contributed by atoms with Crippen molar-refractivity contribution in [3.8, 4) is 11.5 Å². The van der Waals surface area contributed by atoms with Crippen LogP contribution in [0.5, 0.6) is 11.5 Å². The number of thiophene rings is 1. The lowest BCUT2D eigenvalue weighted by Crippen LogP contribution is -2.27. The Balaban J connectivity index is 1.66. The number of hydrogen-bond acceptors (Lipinski definition) is 7. The molecule has 0 bridgehead atoms. The molecule has 1 atom stereocenters. The van der Waals surface area contributed by atoms with Gasteiger partial charge in [0, 0.05) is 19.0 Å². The third kappa shape index (κ3) is 4.11. The van der Waals surface area contributed by atoms with E-state index in [1.807, 2.05) is 0 Å². The molecule has 8 heteroatoms. The maximum Gasteiger partial charge on any atom is 0.311 e. The number of benzene rings is 1. The number of amides is 1. The summed E-state index contributed by atoms with van der Waals surface area (Å²) in [7, 11) is 3.04. The molecule has 2 aromatic rings. The molecule has 27 heavy (non-hydrogen) atoms. The van der Waals surface area contributed by atoms with Crippen LogP contribution < -0.4 is 14.4 Å². The topological polar surface area (TPSA) is 82.1 Å². The van der Waals surface area contributed by atoms with E-state index >= 15 is 0 Å². The minimum absolute atomic E-state index is 0.0202. The van der Waals surface area contributed by atoms with Crippen LogP contribution in [0.1, 0.15) is 16.1 Å². The van der Waals surface area contributed by atoms with Gasteiger partial charge in [-0.05, 0) is 23.6 Å². The van der Waals surface area contributed by atoms with Crippen molar-refractivity contribution in [1.82, 2.24) is 0 Å². The molecule has 0 radical (unpaired) electrons. The largest absolute Gasteiger partial charge is 0.497 e. The summed E-state index contributed by atoms with van der Waals surface area (Å²) in [6, 6.07) is 8.55. The molecule has 1 aromatic heterocycles. The fraction of sp³-hybridized carbons (Fsp3) is 0.316. The molecular weight excluding hydrogens is 370 g/mol. The summed E-state index contributed by atoms with van der Waals surface area (Å²) in [5, 5.41) is 1.78. The molecule has 0 N–H and O–H groups in total. The minimum Gasteiger partial charge on any atom is -0.497 e. The Morgan fingerprint density at radius 3 is 2.70 bits per heavy atom. The number of Topliss-reactive ketones (excluding diaryl/α,β-unsaturated/α-hetero) is 1. The Labute approximate surface area is 160 Å². The van der Waals surface area contributed by atoms with E-state index in [2.05, 4.69) is 0 Å². The first-order valence-corrected chi connectivity index (χ1v) is 9.17. The lowest BCUT2D eigenvalue weighted by molar-refractivity contribution is -0.147. The van der Waals surface area contributed by atoms with Crippen molar-refractivity contribution >= 4 is 34.7 Å². The summed E-state index contributed by atoms with van der Waals surface area (Å²) in [5.74, 6) is -0.582. The maximum absolute atomic E-state index is 12.4. The number of rotatable bonds is 7. The zero-order valence-corrected chi connectivity index (χ0v) is 15.8. The molecule has 0 aliphatic carbocycles. The molecule has 2 heterocycles. The summed E-state index contributed by atoms with van der Waals surface area (Å²) in [5.41, 5.74) is 0.534. The van der Waals surface area contributed by atoms with E-state index in [9.17, 15) is 14.4 Å². The molecular formula is C19H19NO6S. The number of carbonyl (C=O) groups is 3. The van der Waals surface area contributed by atoms with Crippen molar-refractivity contribution < 1.29 is 28.6 Å². The first-order chi connectivity index (χ1) is 13.0. The van der Waals surface area contributed by atoms with Gasteiger partial charge in [-0.25, -0.2) is 0 Å². The van der Waals surface area contributed by atoms with Crippen LogP contribution in [-0.4, -0.2) is 45.0 Å². The molecule has 3 rings (SSSR count). The molecule has 1 amide bonds. The number of carbonyl (C=O) groups excluding carboxylic acids is 3. The van der Waals surface area contributed by atoms with Gasteiger partial charge in [-0.3, -0.25) is 14.4 Å². The fourth-order valence-corrected chi connectivity index (χ4v) is 3.52. The predicted octanol–water partition coefficient (Wildman–Crippen LogP) is 2.54. The van der Waals surface area contributed by atoms with Crippen molar-refractivity contribution in [2.75, 3.05) is 32.3 Å². The number of ether oxygens (including phenoxy) is 3. The van der Waals surface area contributed by atoms with Crippen LogP contribution in [0, 0.1) is 5.92 Å². The van der Waals surface area contributed by atoms with Gasteiger partial charge in [0.2, 0.25) is 11.7 Å². The average molecular weight is 389 g/mol. The van der Waals surface area contributed by atoms with Crippen molar-refractivity contribution in [3.63, 3.8) is 0 Å². The lowest BCUT2D eigenvalue weighted by atomic mass is 10.1. The van der Waals surface area contributed by atoms with E-state index < -0.39 is 11.9 Å². The molecule has 0 spiro atoms. The SMILES string of the molecule is COc1ccc(OC)c(N2C[C@@H](C(=O)OCC(=O)c3cccs3)CC2=O)c1. The van der Waals surface area contributed by atoms with Crippen LogP contribution in [0.4, 0.5) is 5.69 Å². The molecule has 1 saturated heterocycles. The maximum atomic E-state index is 12.4. The molecule has 142 valence electrons. The number of anilines is 1. The normalized spacial score (nSPS) is 16.3. The van der Waals surface area contributed by atoms with Crippen molar-refractivity contribution in [1.29, 1.82) is 0 Å². The highest BCUT2D eigenvalue weighted by Crippen LogP contribution is 2.36. The second-order valence-electron chi connectivity index (χ2n) is 5.95. The Morgan fingerprint density at radius 2 is 2.04 bits per heavy atom. The van der Waals surface area contributed by atoms with Gasteiger partial charge < -0.3 is 19.1 Å². The Kier molecular flexibility index (Phi) is 5.75. The Bertz CT molecular complexity index is 848. The summed E-state index contributed by atoms with van der Waals surface area (Å²) in [6.45, 7) is -0.166. The summed E-state index contributed by atoms with van der Waals surface area (Å²) in [4.78, 5) is 38.7. The number of hydrogen-bond donors (Lipinski definition) is 0. The van der Waals surface area contributed by atoms with Gasteiger partial charge in [-0.1, -0.05) is 6.07 Å². The van der Waals surface area contributed by atoms with Crippen LogP contribution in [-0.2, 0) is 14.3 Å². The first-order valence-electron chi connectivity index (χ1n) is 8.29. The molecule has 0 unspecified atom stereocenters. The molecule has 0 saturated carbocycles. The third-order valence-corrected chi connectivity index (χ3v) is 5.19. The zero-order valence-electron chi connectivity index (χ0n) is 15.0. The third-order valence-electron chi connectivity index (χ3n) is 4.28. The van der Waals surface area contributed by atoms with E-state index in [4.69, 9.17) is 14.2 Å². The number of esters is 1. The monoisotopic (exact) mass is 389 g/mol. The quantitative estimate of drug-likeness (QED) is 0.535. The fourth-order valence-electron chi connectivity index (χ4n) is 2.87. The molecule has 1 fully saturated rings. The van der Waals surface area contributed by atoms with Gasteiger partial charge in [-0.15, -0.1) is 11.3 Å². The number of ketones is 1. The van der Waals surface area contributed by atoms with E-state index in [0.717, 1.165) is 0 Å². The van der Waals surface area contributed by atoms with E-state index in [-0.39, 0.29) is 31.3 Å². The highest BCUT2D eigenvalue weighted by molar-refractivity contribution is 7.12. The van der Waals surface area contributed by atoms with Crippen LogP contribution in [0.3, 0.4) is 0 Å². The number of nitrogens with zero attached hydrogens (tertiary/aromatic N) is 1. The molecule has 7 nitrogen and oxygen atoms in total. The average Bonchev–Trinajstić information content (AvgIpc) is 3.35. The second kappa shape index (κ2) is 8.22. The Hall–Kier alpha value is -2.87. The van der Waals surface area contributed by atoms with E-state index in [1.54, 1.807) is 35.7 Å². The van der Waals surface area contributed by atoms with Crippen molar-refractivity contribution in [3.05, 3.63) is 40.6 Å². The van der Waals surface area contributed by atoms with Crippen LogP contribution in [0.25, 0.3) is 0 Å². The molecule has 1 aliphatic rings. The second-order valence-corrected chi connectivity index (χ2v) is 6.90. The van der Waals surface area contributed by atoms with Crippen molar-refractivity contribution in [2.45, 2.75) is 6.42 Å². The minimum atomic E-state index is -0.635. The van der Waals surface area contributed by atoms with Gasteiger partial charge in [0.15, 0.2) is 6.61 Å². The highest BCUT2D eigenvalue weighted by Gasteiger charge is 2.37. The number of methoxy groups -OCH3 is 2. The first kappa shape index (κ1) is 18.9. The predicted molar refractivity (Wildman–Crippen MR) is 99.6 cm³/mol. The van der Waals surface area contributed by atoms with Gasteiger partial charge in [0.05, 0.1) is 30.7 Å². The van der Waals surface area contributed by atoms with Crippen LogP contribution >= 0.6 is 11.3 Å². The lowest BCUT2D eigenvalue weighted by Gasteiger charge is -2.20. The molecule has 1 aliphatic heterocycles.